The van der Waals surface area contributed by atoms with Crippen molar-refractivity contribution in [3.63, 3.8) is 0 Å². The van der Waals surface area contributed by atoms with Gasteiger partial charge in [0.2, 0.25) is 0 Å². The molecule has 0 bridgehead atoms. The zero-order valence-corrected chi connectivity index (χ0v) is 41.9. The van der Waals surface area contributed by atoms with E-state index in [0.717, 1.165) is 30.3 Å². The molecule has 0 aliphatic carbocycles. The molecule has 1 aromatic heterocycles. The van der Waals surface area contributed by atoms with Crippen LogP contribution in [-0.4, -0.2) is 71.1 Å². The Balaban J connectivity index is 1.21. The number of benzene rings is 6. The quantitative estimate of drug-likeness (QED) is 0.0443. The van der Waals surface area contributed by atoms with Gasteiger partial charge in [-0.1, -0.05) is 24.3 Å². The molecule has 5 N–H and O–H groups in total. The highest BCUT2D eigenvalue weighted by Gasteiger charge is 2.23. The van der Waals surface area contributed by atoms with Crippen LogP contribution in [0.15, 0.2) is 153 Å². The number of pyridine rings is 1. The summed E-state index contributed by atoms with van der Waals surface area (Å²) in [6, 6.07) is 24.5. The molecule has 23 nitrogen and oxygen atoms in total. The highest BCUT2D eigenvalue weighted by molar-refractivity contribution is 7.86. The lowest BCUT2D eigenvalue weighted by atomic mass is 10.0. The second kappa shape index (κ2) is 20.7. The molecule has 0 aliphatic rings. The van der Waals surface area contributed by atoms with Crippen LogP contribution in [0.3, 0.4) is 0 Å². The number of hydrogen-bond donors (Lipinski definition) is 5. The second-order valence-corrected chi connectivity index (χ2v) is 21.4. The summed E-state index contributed by atoms with van der Waals surface area (Å²) in [7, 11) is -15.9. The first kappa shape index (κ1) is 52.9. The van der Waals surface area contributed by atoms with Crippen LogP contribution >= 0.6 is 0 Å². The first-order valence-corrected chi connectivity index (χ1v) is 26.5. The Labute approximate surface area is 417 Å². The second-order valence-electron chi connectivity index (χ2n) is 15.8. The predicted molar refractivity (Wildman–Crippen MR) is 264 cm³/mol. The molecule has 0 atom stereocenters. The SMILES string of the molecule is COc1cc(N=Nc2cc3c(S(=O)(=O)O)cccc3cc2S(=O)(=O)O)c(C)cc1N=Nc1cc(OC)c(N=Nc2c(Nc3ccc(S(=O)(=O)O)cc3)nc(Cc3ccc(S(=O)(=O)O)cc3)c(C#N)c2C)cc1C. The van der Waals surface area contributed by atoms with Crippen molar-refractivity contribution in [2.24, 2.45) is 30.7 Å². The van der Waals surface area contributed by atoms with Gasteiger partial charge in [0.15, 0.2) is 5.82 Å². The zero-order chi connectivity index (χ0) is 53.2. The third-order valence-electron chi connectivity index (χ3n) is 10.9. The summed E-state index contributed by atoms with van der Waals surface area (Å²) in [5, 5.41) is 39.3. The van der Waals surface area contributed by atoms with Gasteiger partial charge in [0, 0.05) is 35.2 Å². The minimum atomic E-state index is -4.90. The fourth-order valence-electron chi connectivity index (χ4n) is 7.18. The number of aryl methyl sites for hydroxylation is 2. The van der Waals surface area contributed by atoms with E-state index in [0.29, 0.717) is 33.6 Å². The molecule has 73 heavy (non-hydrogen) atoms. The van der Waals surface area contributed by atoms with Crippen LogP contribution in [0, 0.1) is 32.1 Å². The maximum Gasteiger partial charge on any atom is 0.296 e. The summed E-state index contributed by atoms with van der Waals surface area (Å²) in [6.07, 6.45) is 0.0320. The summed E-state index contributed by atoms with van der Waals surface area (Å²) >= 11 is 0. The molecule has 0 amide bonds. The Kier molecular flexibility index (Phi) is 15.0. The number of hydrogen-bond acceptors (Lipinski definition) is 19. The largest absolute Gasteiger partial charge is 0.494 e. The lowest BCUT2D eigenvalue weighted by molar-refractivity contribution is 0.415. The van der Waals surface area contributed by atoms with Gasteiger partial charge < -0.3 is 14.8 Å². The molecule has 1 heterocycles. The standard InChI is InChI=1S/C46H39N9O14S4/c1-25-17-38(41(68-4)23-36(25)51-54-40-21-33-29(20-44(40)73(65,66)67)7-6-8-43(33)72(62,63)64)52-50-35-22-42(69-5)39(18-26(35)2)53-55-45-27(3)34(24-47)37(19-28-9-13-31(14-10-28)70(56,57)58)49-46(45)48-30-11-15-32(16-12-30)71(59,60)61/h6-18,20-23H,19H2,1-5H3,(H,48,49)(H,56,57,58)(H,59,60,61)(H,62,63,64)(H,65,66,67). The average molecular weight is 1070 g/mol. The van der Waals surface area contributed by atoms with Gasteiger partial charge in [-0.3, -0.25) is 18.2 Å². The smallest absolute Gasteiger partial charge is 0.296 e. The maximum absolute atomic E-state index is 12.4. The maximum atomic E-state index is 12.4. The number of nitrogens with zero attached hydrogens (tertiary/aromatic N) is 8. The molecule has 0 fully saturated rings. The van der Waals surface area contributed by atoms with E-state index in [1.807, 2.05) is 0 Å². The van der Waals surface area contributed by atoms with Gasteiger partial charge in [0.1, 0.15) is 50.1 Å². The van der Waals surface area contributed by atoms with Gasteiger partial charge in [-0.05, 0) is 110 Å². The number of anilines is 2. The molecule has 6 aromatic carbocycles. The van der Waals surface area contributed by atoms with Gasteiger partial charge >= 0.3 is 0 Å². The van der Waals surface area contributed by atoms with Crippen molar-refractivity contribution >= 4 is 96.9 Å². The minimum absolute atomic E-state index is 0.0320. The van der Waals surface area contributed by atoms with E-state index in [4.69, 9.17) is 14.5 Å². The van der Waals surface area contributed by atoms with Crippen LogP contribution in [0.25, 0.3) is 10.8 Å². The van der Waals surface area contributed by atoms with Gasteiger partial charge in [-0.15, -0.1) is 20.5 Å². The number of rotatable bonds is 16. The highest BCUT2D eigenvalue weighted by atomic mass is 32.2. The Morgan fingerprint density at radius 3 is 1.56 bits per heavy atom. The van der Waals surface area contributed by atoms with Crippen molar-refractivity contribution in [1.82, 2.24) is 4.98 Å². The molecule has 0 saturated heterocycles. The summed E-state index contributed by atoms with van der Waals surface area (Å²) < 4.78 is 146. The Hall–Kier alpha value is -7.94. The third kappa shape index (κ3) is 12.1. The molecule has 0 aliphatic heterocycles. The van der Waals surface area contributed by atoms with E-state index in [1.165, 1.54) is 74.9 Å². The fourth-order valence-corrected chi connectivity index (χ4v) is 9.48. The Morgan fingerprint density at radius 2 is 1.07 bits per heavy atom. The highest BCUT2D eigenvalue weighted by Crippen LogP contribution is 2.42. The van der Waals surface area contributed by atoms with Gasteiger partial charge in [-0.25, -0.2) is 4.98 Å². The van der Waals surface area contributed by atoms with E-state index in [2.05, 4.69) is 42.1 Å². The van der Waals surface area contributed by atoms with Gasteiger partial charge in [0.05, 0.1) is 46.6 Å². The number of azo groups is 3. The van der Waals surface area contributed by atoms with Crippen LogP contribution in [0.5, 0.6) is 11.5 Å². The van der Waals surface area contributed by atoms with Crippen molar-refractivity contribution in [3.05, 3.63) is 137 Å². The van der Waals surface area contributed by atoms with Crippen LogP contribution in [-0.2, 0) is 46.9 Å². The first-order valence-electron chi connectivity index (χ1n) is 20.8. The van der Waals surface area contributed by atoms with Crippen LogP contribution in [0.4, 0.5) is 45.6 Å². The van der Waals surface area contributed by atoms with Gasteiger partial charge in [-0.2, -0.15) is 49.2 Å². The molecule has 0 spiro atoms. The summed E-state index contributed by atoms with van der Waals surface area (Å²) in [6.45, 7) is 4.96. The van der Waals surface area contributed by atoms with E-state index in [-0.39, 0.29) is 78.3 Å². The lowest BCUT2D eigenvalue weighted by Gasteiger charge is -2.15. The predicted octanol–water partition coefficient (Wildman–Crippen LogP) is 10.6. The summed E-state index contributed by atoms with van der Waals surface area (Å²) in [5.74, 6) is 0.421. The number of fused-ring (bicyclic) bond motifs is 1. The molecule has 7 aromatic rings. The van der Waals surface area contributed by atoms with E-state index in [9.17, 15) is 57.1 Å². The molecule has 0 unspecified atom stereocenters. The Morgan fingerprint density at radius 1 is 0.575 bits per heavy atom. The van der Waals surface area contributed by atoms with Crippen molar-refractivity contribution in [3.8, 4) is 17.6 Å². The van der Waals surface area contributed by atoms with Crippen molar-refractivity contribution < 1.29 is 61.4 Å². The average Bonchev–Trinajstić information content (AvgIpc) is 3.32. The summed E-state index contributed by atoms with van der Waals surface area (Å²) in [4.78, 5) is 2.81. The lowest BCUT2D eigenvalue weighted by Crippen LogP contribution is -2.05. The molecule has 7 rings (SSSR count). The first-order chi connectivity index (χ1) is 34.3. The van der Waals surface area contributed by atoms with Crippen molar-refractivity contribution in [2.45, 2.75) is 46.8 Å². The number of methoxy groups -OCH3 is 2. The van der Waals surface area contributed by atoms with Gasteiger partial charge in [0.25, 0.3) is 40.5 Å². The van der Waals surface area contributed by atoms with E-state index < -0.39 is 56.0 Å². The fraction of sp³-hybridized carbons (Fsp3) is 0.130. The zero-order valence-electron chi connectivity index (χ0n) is 38.6. The molecular weight excluding hydrogens is 1030 g/mol. The van der Waals surface area contributed by atoms with Crippen LogP contribution in [0.1, 0.15) is 33.5 Å². The molecular formula is C46H39N9O14S4. The number of ether oxygens (including phenoxy) is 2. The molecule has 0 radical (unpaired) electrons. The van der Waals surface area contributed by atoms with Crippen LogP contribution < -0.4 is 14.8 Å². The number of aromatic nitrogens is 1. The number of nitrogens with one attached hydrogen (secondary N) is 1. The van der Waals surface area contributed by atoms with Crippen molar-refractivity contribution in [1.29, 1.82) is 5.26 Å². The van der Waals surface area contributed by atoms with Crippen molar-refractivity contribution in [2.75, 3.05) is 19.5 Å². The molecule has 0 saturated carbocycles. The monoisotopic (exact) mass is 1070 g/mol. The molecule has 376 valence electrons. The van der Waals surface area contributed by atoms with E-state index >= 15 is 0 Å². The minimum Gasteiger partial charge on any atom is -0.494 e. The topological polar surface area (TPSA) is 359 Å². The van der Waals surface area contributed by atoms with Crippen LogP contribution in [0.2, 0.25) is 0 Å². The molecule has 27 heteroatoms. The normalized spacial score (nSPS) is 12.5. The Bertz CT molecular complexity index is 3980. The van der Waals surface area contributed by atoms with E-state index in [1.54, 1.807) is 32.9 Å². The third-order valence-corrected chi connectivity index (χ3v) is 14.4. The summed E-state index contributed by atoms with van der Waals surface area (Å²) in [5.41, 5.74) is 3.14. The number of nitriles is 1.